The lowest BCUT2D eigenvalue weighted by Gasteiger charge is -2.27. The first-order valence-corrected chi connectivity index (χ1v) is 15.2. The van der Waals surface area contributed by atoms with Gasteiger partial charge >= 0.3 is 0 Å². The predicted octanol–water partition coefficient (Wildman–Crippen LogP) is 4.36. The van der Waals surface area contributed by atoms with E-state index < -0.39 is 0 Å². The van der Waals surface area contributed by atoms with Crippen molar-refractivity contribution in [3.63, 3.8) is 0 Å². The molecule has 4 atom stereocenters. The van der Waals surface area contributed by atoms with Crippen LogP contribution in [0.15, 0.2) is 48.5 Å². The van der Waals surface area contributed by atoms with E-state index in [2.05, 4.69) is 38.1 Å². The Morgan fingerprint density at radius 3 is 1.30 bits per heavy atom. The molecule has 0 aliphatic carbocycles. The van der Waals surface area contributed by atoms with Gasteiger partial charge in [0.2, 0.25) is 0 Å². The Balaban J connectivity index is 1.09. The number of epoxide rings is 2. The molecule has 2 aromatic rings. The highest BCUT2D eigenvalue weighted by atomic mass is 16.7. The van der Waals surface area contributed by atoms with Gasteiger partial charge in [0.05, 0.1) is 79.3 Å². The van der Waals surface area contributed by atoms with Crippen LogP contribution >= 0.6 is 0 Å². The maximum Gasteiger partial charge on any atom is 0.197 e. The summed E-state index contributed by atoms with van der Waals surface area (Å²) in [7, 11) is 0. The van der Waals surface area contributed by atoms with Crippen LogP contribution in [-0.4, -0.2) is 104 Å². The van der Waals surface area contributed by atoms with Crippen molar-refractivity contribution in [2.75, 3.05) is 79.3 Å². The van der Waals surface area contributed by atoms with Gasteiger partial charge in [0, 0.05) is 5.41 Å². The maximum atomic E-state index is 5.92. The van der Waals surface area contributed by atoms with Crippen molar-refractivity contribution in [1.82, 2.24) is 0 Å². The SMILES string of the molecule is CC(OCCOCCOCC1CO1)Oc1ccc(C(C)(C)c2ccc(OC(C)OCCOCCOCC3CO3)cc2)cc1. The average Bonchev–Trinajstić information content (AvgIpc) is 3.93. The molecule has 10 nitrogen and oxygen atoms in total. The number of hydrogen-bond donors (Lipinski definition) is 0. The molecule has 2 aliphatic heterocycles. The molecule has 0 aromatic heterocycles. The standard InChI is InChI=1S/C33H48O10/c1-25(38-19-17-34-13-15-36-21-31-23-40-31)42-29-9-5-27(6-10-29)33(3,4)28-7-11-30(12-8-28)43-26(2)39-20-18-35-14-16-37-22-32-24-41-32/h5-12,25-26,31-32H,13-24H2,1-4H3. The molecular formula is C33H48O10. The number of ether oxygens (including phenoxy) is 10. The molecule has 2 aromatic carbocycles. The van der Waals surface area contributed by atoms with E-state index in [0.29, 0.717) is 66.1 Å². The van der Waals surface area contributed by atoms with Crippen LogP contribution < -0.4 is 9.47 Å². The Morgan fingerprint density at radius 2 is 0.930 bits per heavy atom. The van der Waals surface area contributed by atoms with Crippen molar-refractivity contribution in [2.24, 2.45) is 0 Å². The summed E-state index contributed by atoms with van der Waals surface area (Å²) in [5.74, 6) is 1.51. The summed E-state index contributed by atoms with van der Waals surface area (Å²) < 4.78 is 55.4. The van der Waals surface area contributed by atoms with E-state index in [1.54, 1.807) is 0 Å². The van der Waals surface area contributed by atoms with Gasteiger partial charge in [0.25, 0.3) is 0 Å². The smallest absolute Gasteiger partial charge is 0.197 e. The monoisotopic (exact) mass is 604 g/mol. The molecule has 0 spiro atoms. The highest BCUT2D eigenvalue weighted by Gasteiger charge is 2.24. The van der Waals surface area contributed by atoms with Crippen LogP contribution in [0.5, 0.6) is 11.5 Å². The van der Waals surface area contributed by atoms with Gasteiger partial charge in [-0.15, -0.1) is 0 Å². The van der Waals surface area contributed by atoms with Gasteiger partial charge in [0.15, 0.2) is 12.6 Å². The van der Waals surface area contributed by atoms with Crippen LogP contribution in [-0.2, 0) is 43.3 Å². The van der Waals surface area contributed by atoms with Crippen molar-refractivity contribution in [1.29, 1.82) is 0 Å². The first kappa shape index (κ1) is 33.6. The molecule has 0 radical (unpaired) electrons. The fourth-order valence-electron chi connectivity index (χ4n) is 4.26. The van der Waals surface area contributed by atoms with E-state index in [1.165, 1.54) is 11.1 Å². The summed E-state index contributed by atoms with van der Waals surface area (Å²) in [5.41, 5.74) is 2.14. The third kappa shape index (κ3) is 13.1. The molecule has 2 heterocycles. The topological polar surface area (TPSA) is 98.9 Å². The lowest BCUT2D eigenvalue weighted by molar-refractivity contribution is -0.0863. The molecule has 0 bridgehead atoms. The van der Waals surface area contributed by atoms with E-state index in [1.807, 2.05) is 38.1 Å². The summed E-state index contributed by atoms with van der Waals surface area (Å²) in [6, 6.07) is 16.3. The highest BCUT2D eigenvalue weighted by molar-refractivity contribution is 5.41. The zero-order chi connectivity index (χ0) is 30.3. The third-order valence-corrected chi connectivity index (χ3v) is 7.07. The zero-order valence-electron chi connectivity index (χ0n) is 26.0. The number of benzene rings is 2. The summed E-state index contributed by atoms with van der Waals surface area (Å²) >= 11 is 0. The van der Waals surface area contributed by atoms with Crippen molar-refractivity contribution < 1.29 is 47.4 Å². The molecule has 4 unspecified atom stereocenters. The average molecular weight is 605 g/mol. The minimum absolute atomic E-state index is 0.208. The number of hydrogen-bond acceptors (Lipinski definition) is 10. The summed E-state index contributed by atoms with van der Waals surface area (Å²) in [6.07, 6.45) is -0.206. The van der Waals surface area contributed by atoms with Crippen LogP contribution in [0.4, 0.5) is 0 Å². The summed E-state index contributed by atoms with van der Waals surface area (Å²) in [6.45, 7) is 15.1. The molecule has 10 heteroatoms. The first-order chi connectivity index (χ1) is 20.9. The van der Waals surface area contributed by atoms with Crippen molar-refractivity contribution in [2.45, 2.75) is 57.9 Å². The van der Waals surface area contributed by atoms with Gasteiger partial charge in [-0.3, -0.25) is 0 Å². The van der Waals surface area contributed by atoms with E-state index in [4.69, 9.17) is 47.4 Å². The second-order valence-corrected chi connectivity index (χ2v) is 11.1. The predicted molar refractivity (Wildman–Crippen MR) is 160 cm³/mol. The second kappa shape index (κ2) is 17.9. The summed E-state index contributed by atoms with van der Waals surface area (Å²) in [4.78, 5) is 0. The fraction of sp³-hybridized carbons (Fsp3) is 0.636. The summed E-state index contributed by atoms with van der Waals surface area (Å²) in [5, 5.41) is 0. The lowest BCUT2D eigenvalue weighted by atomic mass is 9.78. The van der Waals surface area contributed by atoms with Crippen molar-refractivity contribution in [3.8, 4) is 11.5 Å². The van der Waals surface area contributed by atoms with E-state index in [-0.39, 0.29) is 30.2 Å². The molecule has 4 rings (SSSR count). The van der Waals surface area contributed by atoms with Gasteiger partial charge in [-0.1, -0.05) is 38.1 Å². The molecule has 2 fully saturated rings. The highest BCUT2D eigenvalue weighted by Crippen LogP contribution is 2.33. The Labute approximate surface area is 255 Å². The van der Waals surface area contributed by atoms with Crippen LogP contribution in [0.1, 0.15) is 38.8 Å². The van der Waals surface area contributed by atoms with Crippen LogP contribution in [0, 0.1) is 0 Å². The Morgan fingerprint density at radius 1 is 0.581 bits per heavy atom. The van der Waals surface area contributed by atoms with Crippen LogP contribution in [0.25, 0.3) is 0 Å². The number of rotatable bonds is 24. The molecule has 0 N–H and O–H groups in total. The second-order valence-electron chi connectivity index (χ2n) is 11.1. The van der Waals surface area contributed by atoms with Crippen LogP contribution in [0.3, 0.4) is 0 Å². The largest absolute Gasteiger partial charge is 0.465 e. The molecule has 2 aliphatic rings. The van der Waals surface area contributed by atoms with Gasteiger partial charge in [0.1, 0.15) is 23.7 Å². The molecule has 43 heavy (non-hydrogen) atoms. The Kier molecular flexibility index (Phi) is 14.0. The quantitative estimate of drug-likeness (QED) is 0.0977. The fourth-order valence-corrected chi connectivity index (χ4v) is 4.26. The Hall–Kier alpha value is -2.28. The van der Waals surface area contributed by atoms with Crippen LogP contribution in [0.2, 0.25) is 0 Å². The minimum Gasteiger partial charge on any atom is -0.465 e. The Bertz CT molecular complexity index is 939. The van der Waals surface area contributed by atoms with E-state index in [0.717, 1.165) is 24.7 Å². The maximum absolute atomic E-state index is 5.92. The normalized spacial score (nSPS) is 19.2. The molecule has 0 amide bonds. The van der Waals surface area contributed by atoms with Gasteiger partial charge < -0.3 is 47.4 Å². The van der Waals surface area contributed by atoms with E-state index >= 15 is 0 Å². The molecule has 2 saturated heterocycles. The van der Waals surface area contributed by atoms with Gasteiger partial charge in [-0.05, 0) is 49.2 Å². The van der Waals surface area contributed by atoms with Crippen molar-refractivity contribution >= 4 is 0 Å². The lowest BCUT2D eigenvalue weighted by Crippen LogP contribution is -2.21. The molecule has 0 saturated carbocycles. The molecular weight excluding hydrogens is 556 g/mol. The third-order valence-electron chi connectivity index (χ3n) is 7.07. The minimum atomic E-state index is -0.385. The first-order valence-electron chi connectivity index (χ1n) is 15.2. The molecule has 240 valence electrons. The van der Waals surface area contributed by atoms with Crippen molar-refractivity contribution in [3.05, 3.63) is 59.7 Å². The van der Waals surface area contributed by atoms with Gasteiger partial charge in [-0.25, -0.2) is 0 Å². The van der Waals surface area contributed by atoms with Gasteiger partial charge in [-0.2, -0.15) is 0 Å². The zero-order valence-corrected chi connectivity index (χ0v) is 26.0. The van der Waals surface area contributed by atoms with E-state index in [9.17, 15) is 0 Å².